The van der Waals surface area contributed by atoms with Crippen LogP contribution in [0.5, 0.6) is 0 Å². The molecule has 7 aromatic rings. The Morgan fingerprint density at radius 3 is 1.50 bits per heavy atom. The van der Waals surface area contributed by atoms with Crippen LogP contribution in [0.1, 0.15) is 0 Å². The van der Waals surface area contributed by atoms with Crippen molar-refractivity contribution < 1.29 is 0 Å². The zero-order valence-corrected chi connectivity index (χ0v) is 20.8. The third-order valence-electron chi connectivity index (χ3n) is 7.23. The zero-order valence-electron chi connectivity index (χ0n) is 20.8. The first kappa shape index (κ1) is 22.1. The van der Waals surface area contributed by atoms with Crippen LogP contribution in [0.2, 0.25) is 0 Å². The van der Waals surface area contributed by atoms with Crippen molar-refractivity contribution in [2.75, 3.05) is 0 Å². The molecule has 0 amide bonds. The van der Waals surface area contributed by atoms with Crippen LogP contribution < -0.4 is 0 Å². The molecule has 0 saturated heterocycles. The molecule has 0 aliphatic rings. The summed E-state index contributed by atoms with van der Waals surface area (Å²) < 4.78 is 0. The maximum Gasteiger partial charge on any atom is 0.0701 e. The van der Waals surface area contributed by atoms with E-state index in [0.29, 0.717) is 0 Å². The van der Waals surface area contributed by atoms with E-state index in [0.717, 1.165) is 11.3 Å². The molecule has 178 valence electrons. The van der Waals surface area contributed by atoms with Crippen molar-refractivity contribution in [3.63, 3.8) is 0 Å². The van der Waals surface area contributed by atoms with Crippen molar-refractivity contribution in [1.82, 2.24) is 9.97 Å². The number of fused-ring (bicyclic) bond motifs is 2. The summed E-state index contributed by atoms with van der Waals surface area (Å²) in [6.45, 7) is 0. The molecule has 7 rings (SSSR count). The van der Waals surface area contributed by atoms with Crippen molar-refractivity contribution in [3.8, 4) is 44.6 Å². The van der Waals surface area contributed by atoms with E-state index in [9.17, 15) is 0 Å². The monoisotopic (exact) mass is 484 g/mol. The van der Waals surface area contributed by atoms with E-state index in [4.69, 9.17) is 0 Å². The van der Waals surface area contributed by atoms with Gasteiger partial charge in [0.2, 0.25) is 0 Å². The molecule has 0 aliphatic heterocycles. The number of hydrogen-bond acceptors (Lipinski definition) is 2. The second-order valence-electron chi connectivity index (χ2n) is 9.45. The molecule has 2 aromatic heterocycles. The lowest BCUT2D eigenvalue weighted by atomic mass is 9.85. The molecule has 2 heterocycles. The Hall–Kier alpha value is -5.08. The Balaban J connectivity index is 1.47. The van der Waals surface area contributed by atoms with Gasteiger partial charge in [-0.3, -0.25) is 9.97 Å². The fourth-order valence-electron chi connectivity index (χ4n) is 5.49. The zero-order chi connectivity index (χ0) is 25.3. The molecule has 0 aliphatic carbocycles. The van der Waals surface area contributed by atoms with Crippen LogP contribution in [-0.2, 0) is 0 Å². The molecule has 0 N–H and O–H groups in total. The molecule has 0 spiro atoms. The van der Waals surface area contributed by atoms with E-state index in [1.807, 2.05) is 30.7 Å². The number of benzene rings is 5. The second-order valence-corrected chi connectivity index (χ2v) is 9.45. The van der Waals surface area contributed by atoms with Gasteiger partial charge in [0.15, 0.2) is 0 Å². The Labute approximate surface area is 221 Å². The smallest absolute Gasteiger partial charge is 0.0701 e. The summed E-state index contributed by atoms with van der Waals surface area (Å²) in [5.41, 5.74) is 9.40. The van der Waals surface area contributed by atoms with E-state index in [1.54, 1.807) is 0 Å². The van der Waals surface area contributed by atoms with Gasteiger partial charge in [-0.2, -0.15) is 0 Å². The average molecular weight is 485 g/mol. The number of pyridine rings is 2. The predicted molar refractivity (Wildman–Crippen MR) is 159 cm³/mol. The lowest BCUT2D eigenvalue weighted by Gasteiger charge is -2.18. The minimum atomic E-state index is 0.984. The fourth-order valence-corrected chi connectivity index (χ4v) is 5.49. The van der Waals surface area contributed by atoms with Crippen LogP contribution >= 0.6 is 0 Å². The third-order valence-corrected chi connectivity index (χ3v) is 7.23. The van der Waals surface area contributed by atoms with Gasteiger partial charge in [0.1, 0.15) is 0 Å². The lowest BCUT2D eigenvalue weighted by Crippen LogP contribution is -1.91. The average Bonchev–Trinajstić information content (AvgIpc) is 3.01. The molecule has 0 bridgehead atoms. The summed E-state index contributed by atoms with van der Waals surface area (Å²) in [5, 5.41) is 5.01. The van der Waals surface area contributed by atoms with E-state index in [-0.39, 0.29) is 0 Å². The molecule has 38 heavy (non-hydrogen) atoms. The highest BCUT2D eigenvalue weighted by molar-refractivity contribution is 6.21. The first-order valence-corrected chi connectivity index (χ1v) is 12.8. The fraction of sp³-hybridized carbons (Fsp3) is 0. The quantitative estimate of drug-likeness (QED) is 0.233. The predicted octanol–water partition coefficient (Wildman–Crippen LogP) is 9.45. The molecule has 2 nitrogen and oxygen atoms in total. The largest absolute Gasteiger partial charge is 0.265 e. The Kier molecular flexibility index (Phi) is 5.49. The number of rotatable bonds is 4. The first-order valence-electron chi connectivity index (χ1n) is 12.8. The maximum atomic E-state index is 4.52. The molecule has 0 unspecified atom stereocenters. The summed E-state index contributed by atoms with van der Waals surface area (Å²) in [6, 6.07) is 45.3. The molecule has 0 radical (unpaired) electrons. The van der Waals surface area contributed by atoms with Gasteiger partial charge in [0.25, 0.3) is 0 Å². The summed E-state index contributed by atoms with van der Waals surface area (Å²) in [5.74, 6) is 0. The van der Waals surface area contributed by atoms with Gasteiger partial charge in [0, 0.05) is 24.2 Å². The third kappa shape index (κ3) is 3.84. The summed E-state index contributed by atoms with van der Waals surface area (Å²) in [7, 11) is 0. The van der Waals surface area contributed by atoms with Gasteiger partial charge in [-0.15, -0.1) is 0 Å². The summed E-state index contributed by atoms with van der Waals surface area (Å²) in [6.07, 6.45) is 5.54. The van der Waals surface area contributed by atoms with E-state index < -0.39 is 0 Å². The second kappa shape index (κ2) is 9.42. The standard InChI is InChI=1S/C36H24N2/c1-3-12-32-30(10-1)35(27-17-15-26(16-18-27)34-14-5-6-21-38-34)31-11-2-4-13-33(31)36(32)29-9-7-8-28(24-29)25-19-22-37-23-20-25/h1-24H. The highest BCUT2D eigenvalue weighted by Gasteiger charge is 2.17. The van der Waals surface area contributed by atoms with Gasteiger partial charge >= 0.3 is 0 Å². The van der Waals surface area contributed by atoms with Crippen molar-refractivity contribution in [1.29, 1.82) is 0 Å². The molecule has 0 fully saturated rings. The van der Waals surface area contributed by atoms with Gasteiger partial charge in [-0.25, -0.2) is 0 Å². The molecule has 5 aromatic carbocycles. The van der Waals surface area contributed by atoms with Crippen molar-refractivity contribution in [2.45, 2.75) is 0 Å². The van der Waals surface area contributed by atoms with E-state index >= 15 is 0 Å². The van der Waals surface area contributed by atoms with Gasteiger partial charge in [-0.1, -0.05) is 97.1 Å². The summed E-state index contributed by atoms with van der Waals surface area (Å²) >= 11 is 0. The molecule has 2 heteroatoms. The van der Waals surface area contributed by atoms with Crippen LogP contribution in [0, 0.1) is 0 Å². The van der Waals surface area contributed by atoms with Gasteiger partial charge in [-0.05, 0) is 85.3 Å². The highest BCUT2D eigenvalue weighted by atomic mass is 14.7. The van der Waals surface area contributed by atoms with Crippen LogP contribution in [-0.4, -0.2) is 9.97 Å². The van der Waals surface area contributed by atoms with Crippen LogP contribution in [0.4, 0.5) is 0 Å². The SMILES string of the molecule is c1ccc(-c2ccc(-c3c4ccccc4c(-c4cccc(-c5ccncc5)c4)c4ccccc34)cc2)nc1. The van der Waals surface area contributed by atoms with Crippen LogP contribution in [0.3, 0.4) is 0 Å². The maximum absolute atomic E-state index is 4.52. The number of aromatic nitrogens is 2. The van der Waals surface area contributed by atoms with Crippen molar-refractivity contribution >= 4 is 21.5 Å². The van der Waals surface area contributed by atoms with Crippen LogP contribution in [0.25, 0.3) is 66.2 Å². The normalized spacial score (nSPS) is 11.2. The molecule has 0 atom stereocenters. The number of hydrogen-bond donors (Lipinski definition) is 0. The Morgan fingerprint density at radius 2 is 0.895 bits per heavy atom. The Morgan fingerprint density at radius 1 is 0.342 bits per heavy atom. The van der Waals surface area contributed by atoms with E-state index in [1.165, 1.54) is 54.9 Å². The minimum Gasteiger partial charge on any atom is -0.265 e. The summed E-state index contributed by atoms with van der Waals surface area (Å²) in [4.78, 5) is 8.71. The van der Waals surface area contributed by atoms with Gasteiger partial charge in [0.05, 0.1) is 5.69 Å². The highest BCUT2D eigenvalue weighted by Crippen LogP contribution is 2.44. The van der Waals surface area contributed by atoms with Gasteiger partial charge < -0.3 is 0 Å². The van der Waals surface area contributed by atoms with Crippen molar-refractivity contribution in [3.05, 3.63) is 146 Å². The van der Waals surface area contributed by atoms with E-state index in [2.05, 4.69) is 125 Å². The minimum absolute atomic E-state index is 0.984. The number of nitrogens with zero attached hydrogens (tertiary/aromatic N) is 2. The Bertz CT molecular complexity index is 1830. The van der Waals surface area contributed by atoms with Crippen molar-refractivity contribution in [2.24, 2.45) is 0 Å². The molecular weight excluding hydrogens is 460 g/mol. The van der Waals surface area contributed by atoms with Crippen LogP contribution in [0.15, 0.2) is 146 Å². The molecule has 0 saturated carbocycles. The molecular formula is C36H24N2. The first-order chi connectivity index (χ1) is 18.9. The lowest BCUT2D eigenvalue weighted by molar-refractivity contribution is 1.33. The topological polar surface area (TPSA) is 25.8 Å².